The van der Waals surface area contributed by atoms with E-state index in [2.05, 4.69) is 20.7 Å². The second-order valence-corrected chi connectivity index (χ2v) is 6.51. The Morgan fingerprint density at radius 1 is 1.47 bits per heavy atom. The van der Waals surface area contributed by atoms with Gasteiger partial charge in [0.25, 0.3) is 0 Å². The number of carbonyl (C=O) groups is 1. The molecule has 3 N–H and O–H groups in total. The lowest BCUT2D eigenvalue weighted by atomic mass is 10.3. The summed E-state index contributed by atoms with van der Waals surface area (Å²) in [5, 5.41) is 0. The van der Waals surface area contributed by atoms with E-state index in [4.69, 9.17) is 5.73 Å². The molecule has 0 spiro atoms. The van der Waals surface area contributed by atoms with Crippen LogP contribution < -0.4 is 10.5 Å². The molecular weight excluding hydrogens is 341 g/mol. The van der Waals surface area contributed by atoms with E-state index in [1.807, 2.05) is 0 Å². The van der Waals surface area contributed by atoms with Crippen molar-refractivity contribution in [2.24, 2.45) is 0 Å². The zero-order valence-corrected chi connectivity index (χ0v) is 12.7. The van der Waals surface area contributed by atoms with Crippen LogP contribution in [0.2, 0.25) is 0 Å². The first-order valence-corrected chi connectivity index (χ1v) is 7.37. The summed E-state index contributed by atoms with van der Waals surface area (Å²) in [5.74, 6) is -1.08. The molecule has 1 amide bonds. The fraction of sp³-hybridized carbons (Fsp3) is 0.300. The fourth-order valence-electron chi connectivity index (χ4n) is 1.17. The van der Waals surface area contributed by atoms with E-state index in [-0.39, 0.29) is 15.1 Å². The van der Waals surface area contributed by atoms with Gasteiger partial charge in [-0.25, -0.2) is 17.5 Å². The molecule has 0 aliphatic rings. The van der Waals surface area contributed by atoms with Gasteiger partial charge in [-0.1, -0.05) is 0 Å². The van der Waals surface area contributed by atoms with Gasteiger partial charge in [0.2, 0.25) is 15.9 Å². The first-order valence-electron chi connectivity index (χ1n) is 5.09. The van der Waals surface area contributed by atoms with E-state index >= 15 is 0 Å². The Morgan fingerprint density at radius 3 is 2.58 bits per heavy atom. The molecule has 0 saturated heterocycles. The summed E-state index contributed by atoms with van der Waals surface area (Å²) < 4.78 is 39.1. The maximum Gasteiger partial charge on any atom is 0.243 e. The number of halogens is 2. The largest absolute Gasteiger partial charge is 0.398 e. The van der Waals surface area contributed by atoms with Gasteiger partial charge in [-0.05, 0) is 28.1 Å². The molecule has 0 heterocycles. The molecule has 0 atom stereocenters. The number of hydrogen-bond donors (Lipinski definition) is 2. The van der Waals surface area contributed by atoms with Gasteiger partial charge in [-0.3, -0.25) is 4.79 Å². The van der Waals surface area contributed by atoms with Gasteiger partial charge in [0, 0.05) is 14.1 Å². The lowest BCUT2D eigenvalue weighted by Gasteiger charge is -2.12. The number of nitrogen functional groups attached to an aromatic ring is 1. The maximum absolute atomic E-state index is 13.2. The van der Waals surface area contributed by atoms with Crippen molar-refractivity contribution in [3.05, 3.63) is 22.4 Å². The number of anilines is 1. The van der Waals surface area contributed by atoms with E-state index in [0.717, 1.165) is 12.1 Å². The Morgan fingerprint density at radius 2 is 2.05 bits per heavy atom. The van der Waals surface area contributed by atoms with Crippen molar-refractivity contribution < 1.29 is 17.6 Å². The van der Waals surface area contributed by atoms with Crippen molar-refractivity contribution in [2.75, 3.05) is 26.4 Å². The predicted octanol–water partition coefficient (Wildman–Crippen LogP) is 0.537. The van der Waals surface area contributed by atoms with E-state index in [1.54, 1.807) is 0 Å². The van der Waals surface area contributed by atoms with Gasteiger partial charge in [0.05, 0.1) is 16.7 Å². The third-order valence-corrected chi connectivity index (χ3v) is 4.32. The number of likely N-dealkylation sites (N-methyl/N-ethyl adjacent to an activating group) is 1. The number of carbonyl (C=O) groups excluding carboxylic acids is 1. The van der Waals surface area contributed by atoms with Gasteiger partial charge in [0.1, 0.15) is 10.7 Å². The zero-order chi connectivity index (χ0) is 14.8. The van der Waals surface area contributed by atoms with E-state index in [0.29, 0.717) is 0 Å². The Kier molecular flexibility index (Phi) is 4.88. The van der Waals surface area contributed by atoms with Crippen molar-refractivity contribution in [3.63, 3.8) is 0 Å². The summed E-state index contributed by atoms with van der Waals surface area (Å²) in [6.45, 7) is -0.399. The third-order valence-electron chi connectivity index (χ3n) is 2.25. The Bertz CT molecular complexity index is 604. The van der Waals surface area contributed by atoms with Gasteiger partial charge in [0.15, 0.2) is 0 Å². The van der Waals surface area contributed by atoms with Crippen LogP contribution in [0.1, 0.15) is 0 Å². The quantitative estimate of drug-likeness (QED) is 0.772. The van der Waals surface area contributed by atoms with Crippen LogP contribution in [0, 0.1) is 5.82 Å². The van der Waals surface area contributed by atoms with Gasteiger partial charge >= 0.3 is 0 Å². The minimum Gasteiger partial charge on any atom is -0.398 e. The van der Waals surface area contributed by atoms with Gasteiger partial charge in [-0.15, -0.1) is 0 Å². The number of hydrogen-bond acceptors (Lipinski definition) is 4. The second kappa shape index (κ2) is 5.85. The van der Waals surface area contributed by atoms with Crippen LogP contribution in [0.25, 0.3) is 0 Å². The Hall–Kier alpha value is -1.19. The van der Waals surface area contributed by atoms with Crippen LogP contribution in [-0.4, -0.2) is 39.9 Å². The highest BCUT2D eigenvalue weighted by atomic mass is 79.9. The molecule has 1 aromatic rings. The number of benzene rings is 1. The highest BCUT2D eigenvalue weighted by molar-refractivity contribution is 9.10. The number of nitrogens with one attached hydrogen (secondary N) is 1. The summed E-state index contributed by atoms with van der Waals surface area (Å²) in [4.78, 5) is 12.3. The van der Waals surface area contributed by atoms with Crippen molar-refractivity contribution in [2.45, 2.75) is 4.90 Å². The van der Waals surface area contributed by atoms with Gasteiger partial charge in [-0.2, -0.15) is 0 Å². The van der Waals surface area contributed by atoms with Crippen LogP contribution in [-0.2, 0) is 14.8 Å². The third kappa shape index (κ3) is 3.88. The van der Waals surface area contributed by atoms with E-state index in [1.165, 1.54) is 19.0 Å². The Labute approximate surface area is 118 Å². The highest BCUT2D eigenvalue weighted by Gasteiger charge is 2.20. The summed E-state index contributed by atoms with van der Waals surface area (Å²) >= 11 is 2.88. The zero-order valence-electron chi connectivity index (χ0n) is 10.3. The molecule has 6 nitrogen and oxygen atoms in total. The summed E-state index contributed by atoms with van der Waals surface area (Å²) in [5.41, 5.74) is 5.24. The van der Waals surface area contributed by atoms with Crippen LogP contribution in [0.5, 0.6) is 0 Å². The molecule has 0 bridgehead atoms. The van der Waals surface area contributed by atoms with E-state index in [9.17, 15) is 17.6 Å². The minimum atomic E-state index is -3.98. The standard InChI is InChI=1S/C10H13BrFN3O3S/c1-15(2)10(16)5-14-19(17,18)9-3-6(11)7(12)4-8(9)13/h3-4,14H,5,13H2,1-2H3. The maximum atomic E-state index is 13.2. The summed E-state index contributed by atoms with van der Waals surface area (Å²) in [6.07, 6.45) is 0. The molecule has 0 unspecified atom stereocenters. The molecule has 0 aliphatic heterocycles. The number of nitrogens with zero attached hydrogens (tertiary/aromatic N) is 1. The fourth-order valence-corrected chi connectivity index (χ4v) is 2.78. The molecule has 1 aromatic carbocycles. The Balaban J connectivity index is 3.01. The van der Waals surface area contributed by atoms with Crippen molar-refractivity contribution in [3.8, 4) is 0 Å². The van der Waals surface area contributed by atoms with Crippen LogP contribution >= 0.6 is 15.9 Å². The molecule has 9 heteroatoms. The monoisotopic (exact) mass is 353 g/mol. The number of rotatable bonds is 4. The molecule has 0 aromatic heterocycles. The molecule has 0 saturated carbocycles. The molecule has 0 fully saturated rings. The van der Waals surface area contributed by atoms with E-state index < -0.39 is 28.3 Å². The van der Waals surface area contributed by atoms with Gasteiger partial charge < -0.3 is 10.6 Å². The number of nitrogens with two attached hydrogens (primary N) is 1. The first-order chi connectivity index (χ1) is 8.65. The molecule has 1 rings (SSSR count). The summed E-state index contributed by atoms with van der Waals surface area (Å²) in [7, 11) is -0.979. The molecule has 106 valence electrons. The lowest BCUT2D eigenvalue weighted by Crippen LogP contribution is -2.36. The topological polar surface area (TPSA) is 92.5 Å². The lowest BCUT2D eigenvalue weighted by molar-refractivity contribution is -0.127. The number of amides is 1. The second-order valence-electron chi connectivity index (χ2n) is 3.92. The number of sulfonamides is 1. The minimum absolute atomic E-state index is 0.0268. The SMILES string of the molecule is CN(C)C(=O)CNS(=O)(=O)c1cc(Br)c(F)cc1N. The molecule has 0 aliphatic carbocycles. The van der Waals surface area contributed by atoms with Crippen LogP contribution in [0.4, 0.5) is 10.1 Å². The average molecular weight is 354 g/mol. The summed E-state index contributed by atoms with van der Waals surface area (Å²) in [6, 6.07) is 1.94. The van der Waals surface area contributed by atoms with Crippen LogP contribution in [0.15, 0.2) is 21.5 Å². The first kappa shape index (κ1) is 15.9. The van der Waals surface area contributed by atoms with Crippen molar-refractivity contribution in [1.82, 2.24) is 9.62 Å². The molecular formula is C10H13BrFN3O3S. The highest BCUT2D eigenvalue weighted by Crippen LogP contribution is 2.25. The smallest absolute Gasteiger partial charge is 0.243 e. The molecule has 19 heavy (non-hydrogen) atoms. The van der Waals surface area contributed by atoms with Crippen molar-refractivity contribution >= 4 is 37.5 Å². The van der Waals surface area contributed by atoms with Crippen molar-refractivity contribution in [1.29, 1.82) is 0 Å². The predicted molar refractivity (Wildman–Crippen MR) is 72.4 cm³/mol. The van der Waals surface area contributed by atoms with Crippen LogP contribution in [0.3, 0.4) is 0 Å². The average Bonchev–Trinajstić information content (AvgIpc) is 2.30. The molecule has 0 radical (unpaired) electrons. The normalized spacial score (nSPS) is 11.4.